The summed E-state index contributed by atoms with van der Waals surface area (Å²) in [6.45, 7) is 7.23. The SMILES string of the molecule is CC(C)(C)c1nc2scc(-c3ccncc3)n2c1CCN. The fourth-order valence-corrected chi connectivity index (χ4v) is 3.52. The molecule has 0 spiro atoms. The van der Waals surface area contributed by atoms with Crippen molar-refractivity contribution >= 4 is 16.3 Å². The molecule has 2 N–H and O–H groups in total. The zero-order chi connectivity index (χ0) is 15.0. The molecule has 0 amide bonds. The van der Waals surface area contributed by atoms with E-state index in [1.807, 2.05) is 24.5 Å². The predicted octanol–water partition coefficient (Wildman–Crippen LogP) is 3.26. The number of aromatic nitrogens is 3. The molecule has 21 heavy (non-hydrogen) atoms. The van der Waals surface area contributed by atoms with Crippen molar-refractivity contribution in [3.63, 3.8) is 0 Å². The van der Waals surface area contributed by atoms with E-state index in [0.29, 0.717) is 6.54 Å². The van der Waals surface area contributed by atoms with E-state index in [2.05, 4.69) is 35.5 Å². The molecule has 0 radical (unpaired) electrons. The van der Waals surface area contributed by atoms with Crippen molar-refractivity contribution in [1.82, 2.24) is 14.4 Å². The Hall–Kier alpha value is -1.72. The normalized spacial score (nSPS) is 12.2. The zero-order valence-corrected chi connectivity index (χ0v) is 13.4. The largest absolute Gasteiger partial charge is 0.330 e. The number of thiazole rings is 1. The van der Waals surface area contributed by atoms with Crippen LogP contribution in [0.3, 0.4) is 0 Å². The number of hydrogen-bond acceptors (Lipinski definition) is 4. The molecule has 0 aromatic carbocycles. The number of fused-ring (bicyclic) bond motifs is 1. The Morgan fingerprint density at radius 1 is 1.24 bits per heavy atom. The average Bonchev–Trinajstić information content (AvgIpc) is 3.00. The Labute approximate surface area is 128 Å². The van der Waals surface area contributed by atoms with E-state index in [1.165, 1.54) is 11.4 Å². The van der Waals surface area contributed by atoms with Crippen LogP contribution in [0.5, 0.6) is 0 Å². The molecule has 3 rings (SSSR count). The second-order valence-electron chi connectivity index (χ2n) is 6.17. The minimum atomic E-state index is 0.0196. The maximum absolute atomic E-state index is 5.83. The lowest BCUT2D eigenvalue weighted by Gasteiger charge is -2.18. The lowest BCUT2D eigenvalue weighted by molar-refractivity contribution is 0.564. The molecule has 0 fully saturated rings. The predicted molar refractivity (Wildman–Crippen MR) is 87.8 cm³/mol. The molecular formula is C16H20N4S. The number of pyridine rings is 1. The summed E-state index contributed by atoms with van der Waals surface area (Å²) in [5.41, 5.74) is 10.6. The Balaban J connectivity index is 2.27. The van der Waals surface area contributed by atoms with Gasteiger partial charge in [-0.3, -0.25) is 9.38 Å². The standard InChI is InChI=1S/C16H20N4S/c1-16(2,3)14-12(4-7-17)20-13(10-21-15(20)19-14)11-5-8-18-9-6-11/h5-6,8-10H,4,7,17H2,1-3H3. The fourth-order valence-electron chi connectivity index (χ4n) is 2.61. The molecule has 5 heteroatoms. The second kappa shape index (κ2) is 5.24. The monoisotopic (exact) mass is 300 g/mol. The van der Waals surface area contributed by atoms with Gasteiger partial charge in [0.25, 0.3) is 0 Å². The molecule has 0 atom stereocenters. The van der Waals surface area contributed by atoms with Gasteiger partial charge in [0.05, 0.1) is 11.4 Å². The lowest BCUT2D eigenvalue weighted by Crippen LogP contribution is -2.17. The summed E-state index contributed by atoms with van der Waals surface area (Å²) in [7, 11) is 0. The minimum absolute atomic E-state index is 0.0196. The van der Waals surface area contributed by atoms with Crippen LogP contribution in [0, 0.1) is 0 Å². The molecule has 0 saturated carbocycles. The summed E-state index contributed by atoms with van der Waals surface area (Å²) < 4.78 is 2.26. The van der Waals surface area contributed by atoms with Crippen LogP contribution in [0.25, 0.3) is 16.2 Å². The van der Waals surface area contributed by atoms with E-state index in [0.717, 1.165) is 22.6 Å². The Bertz CT molecular complexity index is 750. The Morgan fingerprint density at radius 3 is 2.57 bits per heavy atom. The quantitative estimate of drug-likeness (QED) is 0.807. The van der Waals surface area contributed by atoms with Crippen LogP contribution in [-0.4, -0.2) is 20.9 Å². The smallest absolute Gasteiger partial charge is 0.194 e. The first kappa shape index (κ1) is 14.2. The first-order valence-electron chi connectivity index (χ1n) is 7.12. The van der Waals surface area contributed by atoms with Gasteiger partial charge in [0, 0.05) is 40.9 Å². The Kier molecular flexibility index (Phi) is 3.55. The van der Waals surface area contributed by atoms with Gasteiger partial charge in [0.15, 0.2) is 4.96 Å². The van der Waals surface area contributed by atoms with Crippen LogP contribution < -0.4 is 5.73 Å². The summed E-state index contributed by atoms with van der Waals surface area (Å²) in [5, 5.41) is 2.16. The summed E-state index contributed by atoms with van der Waals surface area (Å²) in [4.78, 5) is 9.99. The molecule has 3 aromatic rings. The van der Waals surface area contributed by atoms with Crippen molar-refractivity contribution in [2.24, 2.45) is 5.73 Å². The van der Waals surface area contributed by atoms with Crippen molar-refractivity contribution in [1.29, 1.82) is 0 Å². The van der Waals surface area contributed by atoms with Gasteiger partial charge in [-0.1, -0.05) is 20.8 Å². The van der Waals surface area contributed by atoms with E-state index in [9.17, 15) is 0 Å². The van der Waals surface area contributed by atoms with Crippen molar-refractivity contribution in [2.45, 2.75) is 32.6 Å². The average molecular weight is 300 g/mol. The number of nitrogens with two attached hydrogens (primary N) is 1. The highest BCUT2D eigenvalue weighted by atomic mass is 32.1. The third kappa shape index (κ3) is 2.47. The Morgan fingerprint density at radius 2 is 1.95 bits per heavy atom. The highest BCUT2D eigenvalue weighted by molar-refractivity contribution is 7.15. The highest BCUT2D eigenvalue weighted by Gasteiger charge is 2.25. The van der Waals surface area contributed by atoms with Crippen LogP contribution in [0.2, 0.25) is 0 Å². The van der Waals surface area contributed by atoms with Gasteiger partial charge in [-0.15, -0.1) is 11.3 Å². The van der Waals surface area contributed by atoms with E-state index < -0.39 is 0 Å². The highest BCUT2D eigenvalue weighted by Crippen LogP contribution is 2.33. The second-order valence-corrected chi connectivity index (χ2v) is 7.01. The molecule has 110 valence electrons. The summed E-state index contributed by atoms with van der Waals surface area (Å²) in [5.74, 6) is 0. The molecule has 0 bridgehead atoms. The molecule has 0 unspecified atom stereocenters. The number of rotatable bonds is 3. The van der Waals surface area contributed by atoms with Crippen molar-refractivity contribution in [3.8, 4) is 11.3 Å². The van der Waals surface area contributed by atoms with Gasteiger partial charge in [0.1, 0.15) is 0 Å². The number of imidazole rings is 1. The van der Waals surface area contributed by atoms with Crippen LogP contribution in [0.4, 0.5) is 0 Å². The van der Waals surface area contributed by atoms with Gasteiger partial charge in [-0.25, -0.2) is 4.98 Å². The minimum Gasteiger partial charge on any atom is -0.330 e. The van der Waals surface area contributed by atoms with E-state index in [1.54, 1.807) is 11.3 Å². The number of hydrogen-bond donors (Lipinski definition) is 1. The van der Waals surface area contributed by atoms with Crippen molar-refractivity contribution < 1.29 is 0 Å². The van der Waals surface area contributed by atoms with Crippen LogP contribution in [0.1, 0.15) is 32.2 Å². The molecule has 0 saturated heterocycles. The van der Waals surface area contributed by atoms with E-state index in [-0.39, 0.29) is 5.41 Å². The maximum atomic E-state index is 5.83. The maximum Gasteiger partial charge on any atom is 0.194 e. The van der Waals surface area contributed by atoms with E-state index >= 15 is 0 Å². The third-order valence-electron chi connectivity index (χ3n) is 3.53. The topological polar surface area (TPSA) is 56.2 Å². The number of nitrogens with zero attached hydrogens (tertiary/aromatic N) is 3. The van der Waals surface area contributed by atoms with E-state index in [4.69, 9.17) is 10.7 Å². The molecule has 3 aromatic heterocycles. The lowest BCUT2D eigenvalue weighted by atomic mass is 9.90. The molecule has 4 nitrogen and oxygen atoms in total. The van der Waals surface area contributed by atoms with Crippen LogP contribution in [0.15, 0.2) is 29.9 Å². The summed E-state index contributed by atoms with van der Waals surface area (Å²) in [6, 6.07) is 4.06. The first-order chi connectivity index (χ1) is 10.0. The van der Waals surface area contributed by atoms with Gasteiger partial charge in [-0.2, -0.15) is 0 Å². The van der Waals surface area contributed by atoms with Crippen molar-refractivity contribution in [2.75, 3.05) is 6.54 Å². The van der Waals surface area contributed by atoms with Crippen LogP contribution in [-0.2, 0) is 11.8 Å². The molecule has 0 aliphatic rings. The van der Waals surface area contributed by atoms with Crippen molar-refractivity contribution in [3.05, 3.63) is 41.3 Å². The summed E-state index contributed by atoms with van der Waals surface area (Å²) >= 11 is 1.68. The van der Waals surface area contributed by atoms with Crippen LogP contribution >= 0.6 is 11.3 Å². The zero-order valence-electron chi connectivity index (χ0n) is 12.6. The van der Waals surface area contributed by atoms with Gasteiger partial charge in [-0.05, 0) is 18.7 Å². The molecule has 0 aliphatic carbocycles. The third-order valence-corrected chi connectivity index (χ3v) is 4.35. The van der Waals surface area contributed by atoms with Gasteiger partial charge >= 0.3 is 0 Å². The molecule has 3 heterocycles. The summed E-state index contributed by atoms with van der Waals surface area (Å²) in [6.07, 6.45) is 4.48. The first-order valence-corrected chi connectivity index (χ1v) is 8.00. The van der Waals surface area contributed by atoms with Gasteiger partial charge in [0.2, 0.25) is 0 Å². The fraction of sp³-hybridized carbons (Fsp3) is 0.375. The van der Waals surface area contributed by atoms with Gasteiger partial charge < -0.3 is 5.73 Å². The molecule has 0 aliphatic heterocycles. The molecular weight excluding hydrogens is 280 g/mol.